The summed E-state index contributed by atoms with van der Waals surface area (Å²) >= 11 is 0. The van der Waals surface area contributed by atoms with Gasteiger partial charge >= 0.3 is 6.09 Å². The van der Waals surface area contributed by atoms with Crippen LogP contribution in [0.3, 0.4) is 0 Å². The number of rotatable bonds is 6. The Hall–Kier alpha value is -3.29. The van der Waals surface area contributed by atoms with Gasteiger partial charge in [-0.1, -0.05) is 18.2 Å². The molecule has 0 bridgehead atoms. The average Bonchev–Trinajstić information content (AvgIpc) is 2.51. The molecule has 2 N–H and O–H groups in total. The average molecular weight is 342 g/mol. The van der Waals surface area contributed by atoms with Gasteiger partial charge in [-0.15, -0.1) is 0 Å². The van der Waals surface area contributed by atoms with Crippen LogP contribution in [0.2, 0.25) is 0 Å². The van der Waals surface area contributed by atoms with E-state index in [1.54, 1.807) is 44.2 Å². The first-order chi connectivity index (χ1) is 11.7. The molecule has 0 saturated carbocycles. The third-order valence-corrected chi connectivity index (χ3v) is 3.32. The Bertz CT molecular complexity index is 818. The van der Waals surface area contributed by atoms with Crippen molar-refractivity contribution in [3.8, 4) is 0 Å². The largest absolute Gasteiger partial charge is 0.465 e. The number of nitro benzene ring substituents is 1. The highest BCUT2D eigenvalue weighted by Crippen LogP contribution is 2.24. The molecule has 0 radical (unpaired) electrons. The molecular weight excluding hydrogens is 324 g/mol. The van der Waals surface area contributed by atoms with Gasteiger partial charge in [-0.3, -0.25) is 10.1 Å². The lowest BCUT2D eigenvalue weighted by atomic mass is 9.95. The molecule has 0 aliphatic rings. The lowest BCUT2D eigenvalue weighted by molar-refractivity contribution is -0.384. The molecule has 25 heavy (non-hydrogen) atoms. The summed E-state index contributed by atoms with van der Waals surface area (Å²) in [6, 6.07) is 13.1. The fourth-order valence-electron chi connectivity index (χ4n) is 2.36. The summed E-state index contributed by atoms with van der Waals surface area (Å²) in [5.74, 6) is 0. The summed E-state index contributed by atoms with van der Waals surface area (Å²) in [6.45, 7) is 3.58. The Kier molecular flexibility index (Phi) is 5.43. The molecule has 8 heteroatoms. The minimum Gasteiger partial charge on any atom is -0.465 e. The molecule has 0 aromatic heterocycles. The molecule has 8 nitrogen and oxygen atoms in total. The highest BCUT2D eigenvalue weighted by atomic mass is 16.6. The van der Waals surface area contributed by atoms with E-state index in [0.29, 0.717) is 17.8 Å². The number of carboxylic acid groups (broad SMARTS) is 1. The molecule has 130 valence electrons. The Labute approximate surface area is 144 Å². The fourth-order valence-corrected chi connectivity index (χ4v) is 2.36. The number of hydrogen-bond acceptors (Lipinski definition) is 5. The summed E-state index contributed by atoms with van der Waals surface area (Å²) in [5, 5.41) is 30.2. The van der Waals surface area contributed by atoms with Gasteiger partial charge in [-0.25, -0.2) is 4.79 Å². The summed E-state index contributed by atoms with van der Waals surface area (Å²) in [6.07, 6.45) is -0.592. The first-order valence-corrected chi connectivity index (χ1v) is 7.51. The van der Waals surface area contributed by atoms with Crippen LogP contribution in [0.4, 0.5) is 21.9 Å². The van der Waals surface area contributed by atoms with Gasteiger partial charge in [-0.05, 0) is 44.0 Å². The molecule has 2 aromatic rings. The van der Waals surface area contributed by atoms with Gasteiger partial charge < -0.3 is 10.4 Å². The third-order valence-electron chi connectivity index (χ3n) is 3.32. The molecule has 0 aliphatic carbocycles. The first kappa shape index (κ1) is 18.1. The lowest BCUT2D eigenvalue weighted by Gasteiger charge is -2.24. The quantitative estimate of drug-likeness (QED) is 0.453. The Balaban J connectivity index is 2.15. The second-order valence-electron chi connectivity index (χ2n) is 6.14. The van der Waals surface area contributed by atoms with Crippen molar-refractivity contribution in [2.24, 2.45) is 10.2 Å². The third kappa shape index (κ3) is 5.69. The van der Waals surface area contributed by atoms with Crippen LogP contribution in [0.1, 0.15) is 19.4 Å². The van der Waals surface area contributed by atoms with Crippen molar-refractivity contribution >= 4 is 23.2 Å². The second-order valence-corrected chi connectivity index (χ2v) is 6.14. The molecule has 0 unspecified atom stereocenters. The number of nitro groups is 1. The zero-order valence-corrected chi connectivity index (χ0v) is 13.8. The molecule has 0 heterocycles. The van der Waals surface area contributed by atoms with E-state index < -0.39 is 16.6 Å². The fraction of sp³-hybridized carbons (Fsp3) is 0.235. The SMILES string of the molecule is CC(C)(Cc1cccc(N=Nc2cccc([N+](=O)[O-])c2)c1)NC(=O)O. The van der Waals surface area contributed by atoms with Crippen molar-refractivity contribution < 1.29 is 14.8 Å². The van der Waals surface area contributed by atoms with Crippen LogP contribution in [-0.2, 0) is 6.42 Å². The van der Waals surface area contributed by atoms with Crippen molar-refractivity contribution in [3.05, 3.63) is 64.2 Å². The van der Waals surface area contributed by atoms with E-state index >= 15 is 0 Å². The van der Waals surface area contributed by atoms with E-state index in [1.165, 1.54) is 12.1 Å². The molecule has 0 aliphatic heterocycles. The van der Waals surface area contributed by atoms with Crippen LogP contribution in [0.5, 0.6) is 0 Å². The van der Waals surface area contributed by atoms with Crippen LogP contribution in [-0.4, -0.2) is 21.7 Å². The maximum Gasteiger partial charge on any atom is 0.405 e. The summed E-state index contributed by atoms with van der Waals surface area (Å²) in [5.41, 5.74) is 1.19. The number of carbonyl (C=O) groups is 1. The van der Waals surface area contributed by atoms with Gasteiger partial charge in [0.05, 0.1) is 16.3 Å². The number of benzene rings is 2. The number of nitrogens with one attached hydrogen (secondary N) is 1. The normalized spacial score (nSPS) is 11.4. The maximum atomic E-state index is 10.8. The molecule has 2 aromatic carbocycles. The molecule has 1 amide bonds. The van der Waals surface area contributed by atoms with Crippen LogP contribution < -0.4 is 5.32 Å². The number of amides is 1. The Morgan fingerprint density at radius 1 is 1.16 bits per heavy atom. The number of hydrogen-bond donors (Lipinski definition) is 2. The molecule has 0 spiro atoms. The lowest BCUT2D eigenvalue weighted by Crippen LogP contribution is -2.44. The smallest absolute Gasteiger partial charge is 0.405 e. The van der Waals surface area contributed by atoms with Crippen molar-refractivity contribution in [1.29, 1.82) is 0 Å². The van der Waals surface area contributed by atoms with E-state index in [0.717, 1.165) is 5.56 Å². The molecule has 0 fully saturated rings. The van der Waals surface area contributed by atoms with Gasteiger partial charge in [0, 0.05) is 17.7 Å². The van der Waals surface area contributed by atoms with Crippen LogP contribution in [0, 0.1) is 10.1 Å². The van der Waals surface area contributed by atoms with Crippen LogP contribution in [0.25, 0.3) is 0 Å². The minimum absolute atomic E-state index is 0.0494. The number of azo groups is 1. The summed E-state index contributed by atoms with van der Waals surface area (Å²) < 4.78 is 0. The maximum absolute atomic E-state index is 10.8. The van der Waals surface area contributed by atoms with Gasteiger partial charge in [0.2, 0.25) is 0 Å². The number of non-ortho nitro benzene ring substituents is 1. The Morgan fingerprint density at radius 3 is 2.36 bits per heavy atom. The number of nitrogens with zero attached hydrogens (tertiary/aromatic N) is 3. The van der Waals surface area contributed by atoms with Gasteiger partial charge in [0.15, 0.2) is 0 Å². The topological polar surface area (TPSA) is 117 Å². The van der Waals surface area contributed by atoms with Crippen LogP contribution in [0.15, 0.2) is 58.8 Å². The monoisotopic (exact) mass is 342 g/mol. The standard InChI is InChI=1S/C17H18N4O4/c1-17(2,18-16(22)23)11-12-5-3-6-13(9-12)19-20-14-7-4-8-15(10-14)21(24)25/h3-10,18H,11H2,1-2H3,(H,22,23). The molecule has 2 rings (SSSR count). The van der Waals surface area contributed by atoms with E-state index in [1.807, 2.05) is 6.07 Å². The summed E-state index contributed by atoms with van der Waals surface area (Å²) in [4.78, 5) is 21.1. The van der Waals surface area contributed by atoms with Gasteiger partial charge in [0.25, 0.3) is 5.69 Å². The van der Waals surface area contributed by atoms with Crippen LogP contribution >= 0.6 is 0 Å². The first-order valence-electron chi connectivity index (χ1n) is 7.51. The van der Waals surface area contributed by atoms with E-state index in [9.17, 15) is 14.9 Å². The Morgan fingerprint density at radius 2 is 1.76 bits per heavy atom. The summed E-state index contributed by atoms with van der Waals surface area (Å²) in [7, 11) is 0. The zero-order chi connectivity index (χ0) is 18.4. The predicted octanol–water partition coefficient (Wildman–Crippen LogP) is 4.60. The van der Waals surface area contributed by atoms with Crippen molar-refractivity contribution in [2.45, 2.75) is 25.8 Å². The van der Waals surface area contributed by atoms with Gasteiger partial charge in [0.1, 0.15) is 0 Å². The van der Waals surface area contributed by atoms with E-state index in [4.69, 9.17) is 5.11 Å². The van der Waals surface area contributed by atoms with E-state index in [2.05, 4.69) is 15.5 Å². The van der Waals surface area contributed by atoms with Crippen molar-refractivity contribution in [1.82, 2.24) is 5.32 Å². The highest BCUT2D eigenvalue weighted by Gasteiger charge is 2.20. The molecule has 0 atom stereocenters. The highest BCUT2D eigenvalue weighted by molar-refractivity contribution is 5.65. The predicted molar refractivity (Wildman–Crippen MR) is 92.7 cm³/mol. The van der Waals surface area contributed by atoms with Crippen molar-refractivity contribution in [2.75, 3.05) is 0 Å². The minimum atomic E-state index is -1.08. The van der Waals surface area contributed by atoms with E-state index in [-0.39, 0.29) is 5.69 Å². The molecule has 0 saturated heterocycles. The molecular formula is C17H18N4O4. The second kappa shape index (κ2) is 7.52. The van der Waals surface area contributed by atoms with Gasteiger partial charge in [-0.2, -0.15) is 10.2 Å². The van der Waals surface area contributed by atoms with Crippen molar-refractivity contribution in [3.63, 3.8) is 0 Å². The zero-order valence-electron chi connectivity index (χ0n) is 13.8.